The van der Waals surface area contributed by atoms with Gasteiger partial charge in [0.15, 0.2) is 0 Å². The summed E-state index contributed by atoms with van der Waals surface area (Å²) >= 11 is 0. The lowest BCUT2D eigenvalue weighted by Crippen LogP contribution is -2.29. The molecule has 0 radical (unpaired) electrons. The fraction of sp³-hybridized carbons (Fsp3) is 0.647. The van der Waals surface area contributed by atoms with Gasteiger partial charge in [0, 0.05) is 12.6 Å². The Morgan fingerprint density at radius 2 is 1.84 bits per heavy atom. The molecule has 2 rings (SSSR count). The molecule has 19 heavy (non-hydrogen) atoms. The number of rotatable bonds is 7. The molecule has 1 aromatic carbocycles. The summed E-state index contributed by atoms with van der Waals surface area (Å²) in [4.78, 5) is 0. The minimum atomic E-state index is 0.304. The Bertz CT molecular complexity index is 422. The third-order valence-electron chi connectivity index (χ3n) is 4.37. The number of hydrogen-bond acceptors (Lipinski definition) is 2. The maximum atomic E-state index is 5.95. The van der Waals surface area contributed by atoms with E-state index < -0.39 is 0 Å². The minimum absolute atomic E-state index is 0.304. The molecule has 2 nitrogen and oxygen atoms in total. The van der Waals surface area contributed by atoms with Gasteiger partial charge in [0.2, 0.25) is 0 Å². The van der Waals surface area contributed by atoms with Crippen molar-refractivity contribution in [3.05, 3.63) is 34.4 Å². The van der Waals surface area contributed by atoms with Crippen molar-refractivity contribution in [1.29, 1.82) is 0 Å². The van der Waals surface area contributed by atoms with Crippen molar-refractivity contribution in [2.45, 2.75) is 52.5 Å². The highest BCUT2D eigenvalue weighted by atomic mass is 14.9. The average Bonchev–Trinajstić information content (AvgIpc) is 3.19. The fourth-order valence-electron chi connectivity index (χ4n) is 2.75. The van der Waals surface area contributed by atoms with Crippen LogP contribution in [-0.4, -0.2) is 13.1 Å². The Labute approximate surface area is 117 Å². The zero-order valence-corrected chi connectivity index (χ0v) is 12.6. The molecule has 0 spiro atoms. The second-order valence-corrected chi connectivity index (χ2v) is 6.12. The summed E-state index contributed by atoms with van der Waals surface area (Å²) < 4.78 is 0. The van der Waals surface area contributed by atoms with Gasteiger partial charge in [-0.3, -0.25) is 0 Å². The Morgan fingerprint density at radius 1 is 1.16 bits per heavy atom. The van der Waals surface area contributed by atoms with E-state index >= 15 is 0 Å². The van der Waals surface area contributed by atoms with Gasteiger partial charge in [0.25, 0.3) is 0 Å². The molecular weight excluding hydrogens is 232 g/mol. The summed E-state index contributed by atoms with van der Waals surface area (Å²) in [5.74, 6) is 1.03. The van der Waals surface area contributed by atoms with Crippen LogP contribution < -0.4 is 11.1 Å². The third-order valence-corrected chi connectivity index (χ3v) is 4.37. The van der Waals surface area contributed by atoms with Gasteiger partial charge >= 0.3 is 0 Å². The molecular formula is C17H28N2. The maximum Gasteiger partial charge on any atom is 0.0447 e. The fourth-order valence-corrected chi connectivity index (χ4v) is 2.75. The van der Waals surface area contributed by atoms with Gasteiger partial charge in [0.05, 0.1) is 0 Å². The van der Waals surface area contributed by atoms with Crippen LogP contribution in [0.5, 0.6) is 0 Å². The molecule has 0 heterocycles. The van der Waals surface area contributed by atoms with E-state index in [0.717, 1.165) is 12.5 Å². The monoisotopic (exact) mass is 260 g/mol. The molecule has 1 aliphatic carbocycles. The predicted molar refractivity (Wildman–Crippen MR) is 82.4 cm³/mol. The van der Waals surface area contributed by atoms with Crippen molar-refractivity contribution in [1.82, 2.24) is 5.32 Å². The van der Waals surface area contributed by atoms with E-state index in [4.69, 9.17) is 5.73 Å². The average molecular weight is 260 g/mol. The summed E-state index contributed by atoms with van der Waals surface area (Å²) in [7, 11) is 0. The van der Waals surface area contributed by atoms with Crippen LogP contribution in [0.1, 0.15) is 54.0 Å². The lowest BCUT2D eigenvalue weighted by atomic mass is 9.95. The molecule has 1 saturated carbocycles. The molecule has 1 unspecified atom stereocenters. The summed E-state index contributed by atoms with van der Waals surface area (Å²) in [5, 5.41) is 3.63. The van der Waals surface area contributed by atoms with Gasteiger partial charge in [-0.1, -0.05) is 25.0 Å². The molecule has 1 atom stereocenters. The normalized spacial score (nSPS) is 16.6. The van der Waals surface area contributed by atoms with Crippen LogP contribution in [0.15, 0.2) is 12.1 Å². The van der Waals surface area contributed by atoms with Crippen molar-refractivity contribution in [2.75, 3.05) is 13.1 Å². The molecule has 0 saturated heterocycles. The molecule has 0 aromatic heterocycles. The van der Waals surface area contributed by atoms with E-state index in [0.29, 0.717) is 12.6 Å². The lowest BCUT2D eigenvalue weighted by Gasteiger charge is -2.21. The molecule has 0 bridgehead atoms. The summed E-state index contributed by atoms with van der Waals surface area (Å²) in [5.41, 5.74) is 11.4. The highest BCUT2D eigenvalue weighted by Crippen LogP contribution is 2.33. The van der Waals surface area contributed by atoms with E-state index in [1.807, 2.05) is 0 Å². The number of hydrogen-bond donors (Lipinski definition) is 2. The smallest absolute Gasteiger partial charge is 0.0447 e. The largest absolute Gasteiger partial charge is 0.329 e. The summed E-state index contributed by atoms with van der Waals surface area (Å²) in [6, 6.07) is 4.88. The molecule has 2 heteroatoms. The van der Waals surface area contributed by atoms with E-state index in [2.05, 4.69) is 38.2 Å². The van der Waals surface area contributed by atoms with Gasteiger partial charge in [0.1, 0.15) is 0 Å². The highest BCUT2D eigenvalue weighted by molar-refractivity contribution is 5.38. The Hall–Kier alpha value is -0.860. The Kier molecular flexibility index (Phi) is 5.00. The second kappa shape index (κ2) is 6.53. The maximum absolute atomic E-state index is 5.95. The summed E-state index contributed by atoms with van der Waals surface area (Å²) in [6.45, 7) is 8.30. The molecule has 1 aromatic rings. The Balaban J connectivity index is 1.93. The first-order valence-electron chi connectivity index (χ1n) is 7.63. The molecule has 1 aliphatic rings. The van der Waals surface area contributed by atoms with E-state index in [1.165, 1.54) is 47.9 Å². The van der Waals surface area contributed by atoms with Crippen LogP contribution >= 0.6 is 0 Å². The number of nitrogens with two attached hydrogens (primary N) is 1. The molecule has 0 aliphatic heterocycles. The zero-order valence-electron chi connectivity index (χ0n) is 12.6. The summed E-state index contributed by atoms with van der Waals surface area (Å²) in [6.07, 6.45) is 5.58. The molecule has 0 amide bonds. The SMILES string of the molecule is Cc1cc(C)c(C(CN)NCCCC2CC2)cc1C. The van der Waals surface area contributed by atoms with Crippen LogP contribution in [0.4, 0.5) is 0 Å². The van der Waals surface area contributed by atoms with Gasteiger partial charge in [-0.05, 0) is 68.3 Å². The molecule has 3 N–H and O–H groups in total. The van der Waals surface area contributed by atoms with Gasteiger partial charge in [-0.15, -0.1) is 0 Å². The first-order chi connectivity index (χ1) is 9.11. The van der Waals surface area contributed by atoms with Crippen molar-refractivity contribution in [3.63, 3.8) is 0 Å². The van der Waals surface area contributed by atoms with Crippen LogP contribution in [0.3, 0.4) is 0 Å². The molecule has 1 fully saturated rings. The van der Waals surface area contributed by atoms with Crippen LogP contribution in [0.2, 0.25) is 0 Å². The minimum Gasteiger partial charge on any atom is -0.329 e. The van der Waals surface area contributed by atoms with Gasteiger partial charge < -0.3 is 11.1 Å². The van der Waals surface area contributed by atoms with Crippen LogP contribution in [0.25, 0.3) is 0 Å². The predicted octanol–water partition coefficient (Wildman–Crippen LogP) is 3.39. The van der Waals surface area contributed by atoms with Crippen LogP contribution in [0, 0.1) is 26.7 Å². The third kappa shape index (κ3) is 4.05. The zero-order chi connectivity index (χ0) is 13.8. The standard InChI is InChI=1S/C17H28N2/c1-12-9-14(3)16(10-13(12)2)17(11-18)19-8-4-5-15-6-7-15/h9-10,15,17,19H,4-8,11,18H2,1-3H3. The lowest BCUT2D eigenvalue weighted by molar-refractivity contribution is 0.510. The van der Waals surface area contributed by atoms with Crippen molar-refractivity contribution < 1.29 is 0 Å². The van der Waals surface area contributed by atoms with Gasteiger partial charge in [-0.25, -0.2) is 0 Å². The van der Waals surface area contributed by atoms with E-state index in [9.17, 15) is 0 Å². The van der Waals surface area contributed by atoms with Crippen molar-refractivity contribution >= 4 is 0 Å². The van der Waals surface area contributed by atoms with E-state index in [1.54, 1.807) is 0 Å². The highest BCUT2D eigenvalue weighted by Gasteiger charge is 2.20. The first kappa shape index (κ1) is 14.5. The second-order valence-electron chi connectivity index (χ2n) is 6.12. The number of nitrogens with one attached hydrogen (secondary N) is 1. The van der Waals surface area contributed by atoms with Crippen molar-refractivity contribution in [3.8, 4) is 0 Å². The van der Waals surface area contributed by atoms with Crippen molar-refractivity contribution in [2.24, 2.45) is 11.7 Å². The number of benzene rings is 1. The van der Waals surface area contributed by atoms with Crippen LogP contribution in [-0.2, 0) is 0 Å². The number of aryl methyl sites for hydroxylation is 3. The van der Waals surface area contributed by atoms with E-state index in [-0.39, 0.29) is 0 Å². The first-order valence-corrected chi connectivity index (χ1v) is 7.63. The topological polar surface area (TPSA) is 38.0 Å². The molecule has 106 valence electrons. The Morgan fingerprint density at radius 3 is 2.47 bits per heavy atom. The van der Waals surface area contributed by atoms with Gasteiger partial charge in [-0.2, -0.15) is 0 Å². The quantitative estimate of drug-likeness (QED) is 0.737.